The molecule has 0 aliphatic carbocycles. The minimum Gasteiger partial charge on any atom is -0.345 e. The number of aliphatic hydroxyl groups is 1. The summed E-state index contributed by atoms with van der Waals surface area (Å²) in [6.07, 6.45) is 20.4. The Bertz CT molecular complexity index is 240. The second-order valence-corrected chi connectivity index (χ2v) is 7.99. The van der Waals surface area contributed by atoms with Gasteiger partial charge in [-0.15, -0.1) is 0 Å². The first-order valence-corrected chi connectivity index (χ1v) is 10.5. The lowest BCUT2D eigenvalue weighted by molar-refractivity contribution is -0.937. The van der Waals surface area contributed by atoms with E-state index in [1.54, 1.807) is 0 Å². The molecule has 1 unspecified atom stereocenters. The Labute approximate surface area is 147 Å². The second-order valence-electron chi connectivity index (χ2n) is 7.99. The van der Waals surface area contributed by atoms with Crippen LogP contribution >= 0.6 is 0 Å². The first-order valence-electron chi connectivity index (χ1n) is 10.5. The summed E-state index contributed by atoms with van der Waals surface area (Å²) in [5, 5.41) is 9.96. The van der Waals surface area contributed by atoms with E-state index in [0.29, 0.717) is 0 Å². The highest BCUT2D eigenvalue weighted by molar-refractivity contribution is 4.50. The van der Waals surface area contributed by atoms with Crippen molar-refractivity contribution in [3.05, 3.63) is 0 Å². The van der Waals surface area contributed by atoms with E-state index in [1.165, 1.54) is 89.9 Å². The van der Waals surface area contributed by atoms with Gasteiger partial charge in [0.2, 0.25) is 0 Å². The molecule has 0 aliphatic heterocycles. The molecule has 0 radical (unpaired) electrons. The van der Waals surface area contributed by atoms with E-state index in [1.807, 2.05) is 0 Å². The van der Waals surface area contributed by atoms with Crippen LogP contribution in [-0.2, 0) is 0 Å². The van der Waals surface area contributed by atoms with Crippen LogP contribution in [0.3, 0.4) is 0 Å². The van der Waals surface area contributed by atoms with Gasteiger partial charge in [-0.2, -0.15) is 0 Å². The summed E-state index contributed by atoms with van der Waals surface area (Å²) in [4.78, 5) is 0. The van der Waals surface area contributed by atoms with Crippen molar-refractivity contribution in [1.29, 1.82) is 0 Å². The monoisotopic (exact) mass is 328 g/mol. The first-order chi connectivity index (χ1) is 11.0. The molecule has 1 atom stereocenters. The third kappa shape index (κ3) is 14.0. The number of unbranched alkanes of at least 4 members (excludes halogenated alkanes) is 13. The number of nitrogens with zero attached hydrogens (tertiary/aromatic N) is 1. The zero-order valence-corrected chi connectivity index (χ0v) is 16.8. The van der Waals surface area contributed by atoms with Gasteiger partial charge in [-0.05, 0) is 12.8 Å². The average molecular weight is 329 g/mol. The third-order valence-electron chi connectivity index (χ3n) is 5.26. The van der Waals surface area contributed by atoms with Crippen LogP contribution in [0.4, 0.5) is 0 Å². The number of hydrogen-bond donors (Lipinski definition) is 1. The van der Waals surface area contributed by atoms with E-state index in [0.717, 1.165) is 17.4 Å². The van der Waals surface area contributed by atoms with Crippen molar-refractivity contribution < 1.29 is 9.59 Å². The molecule has 0 rings (SSSR count). The Hall–Kier alpha value is -0.0800. The molecule has 0 bridgehead atoms. The number of quaternary nitrogens is 1. The Balaban J connectivity index is 3.22. The molecule has 0 heterocycles. The van der Waals surface area contributed by atoms with E-state index in [9.17, 15) is 5.11 Å². The molecule has 0 fully saturated rings. The highest BCUT2D eigenvalue weighted by atomic mass is 16.3. The lowest BCUT2D eigenvalue weighted by atomic mass is 10.0. The number of rotatable bonds is 17. The summed E-state index contributed by atoms with van der Waals surface area (Å²) in [6.45, 7) is 5.46. The van der Waals surface area contributed by atoms with Gasteiger partial charge in [0.15, 0.2) is 6.23 Å². The van der Waals surface area contributed by atoms with Gasteiger partial charge < -0.3 is 9.59 Å². The van der Waals surface area contributed by atoms with Crippen LogP contribution in [0.1, 0.15) is 110 Å². The fourth-order valence-corrected chi connectivity index (χ4v) is 3.36. The predicted molar refractivity (Wildman–Crippen MR) is 104 cm³/mol. The Morgan fingerprint density at radius 1 is 0.609 bits per heavy atom. The molecule has 0 spiro atoms. The molecular weight excluding hydrogens is 282 g/mol. The molecule has 2 nitrogen and oxygen atoms in total. The summed E-state index contributed by atoms with van der Waals surface area (Å²) < 4.78 is 0.759. The van der Waals surface area contributed by atoms with E-state index in [4.69, 9.17) is 0 Å². The molecule has 1 N–H and O–H groups in total. The van der Waals surface area contributed by atoms with Crippen LogP contribution in [-0.4, -0.2) is 36.5 Å². The second kappa shape index (κ2) is 15.4. The summed E-state index contributed by atoms with van der Waals surface area (Å²) in [6, 6.07) is 0. The lowest BCUT2D eigenvalue weighted by Gasteiger charge is -2.34. The molecule has 0 saturated heterocycles. The van der Waals surface area contributed by atoms with E-state index in [-0.39, 0.29) is 6.23 Å². The summed E-state index contributed by atoms with van der Waals surface area (Å²) in [7, 11) is 4.30. The molecule has 0 aromatic carbocycles. The molecule has 23 heavy (non-hydrogen) atoms. The SMILES string of the molecule is CCCCCCCCCCCCCCCC[N+](C)(C)C(O)CC. The standard InChI is InChI=1S/C21H46NO/c1-5-7-8-9-10-11-12-13-14-15-16-17-18-19-20-22(3,4)21(23)6-2/h21,23H,5-20H2,1-4H3/q+1. The summed E-state index contributed by atoms with van der Waals surface area (Å²) >= 11 is 0. The van der Waals surface area contributed by atoms with Gasteiger partial charge in [0.25, 0.3) is 0 Å². The molecule has 140 valence electrons. The normalized spacial score (nSPS) is 13.4. The Morgan fingerprint density at radius 2 is 0.957 bits per heavy atom. The quantitative estimate of drug-likeness (QED) is 0.189. The molecule has 0 amide bonds. The summed E-state index contributed by atoms with van der Waals surface area (Å²) in [5.74, 6) is 0. The van der Waals surface area contributed by atoms with Crippen LogP contribution in [0.25, 0.3) is 0 Å². The lowest BCUT2D eigenvalue weighted by Crippen LogP contribution is -2.49. The highest BCUT2D eigenvalue weighted by Gasteiger charge is 2.23. The minimum absolute atomic E-state index is 0.197. The number of aliphatic hydroxyl groups excluding tert-OH is 1. The van der Waals surface area contributed by atoms with Crippen LogP contribution < -0.4 is 0 Å². The van der Waals surface area contributed by atoms with Crippen LogP contribution in [0.2, 0.25) is 0 Å². The largest absolute Gasteiger partial charge is 0.345 e. The maximum absolute atomic E-state index is 9.96. The van der Waals surface area contributed by atoms with Crippen molar-refractivity contribution in [1.82, 2.24) is 0 Å². The van der Waals surface area contributed by atoms with Crippen LogP contribution in [0, 0.1) is 0 Å². The van der Waals surface area contributed by atoms with Gasteiger partial charge in [-0.25, -0.2) is 0 Å². The topological polar surface area (TPSA) is 20.2 Å². The Morgan fingerprint density at radius 3 is 1.30 bits per heavy atom. The molecule has 0 aliphatic rings. The van der Waals surface area contributed by atoms with Crippen molar-refractivity contribution >= 4 is 0 Å². The predicted octanol–water partition coefficient (Wildman–Crippen LogP) is 6.27. The van der Waals surface area contributed by atoms with Crippen molar-refractivity contribution in [2.75, 3.05) is 20.6 Å². The van der Waals surface area contributed by atoms with E-state index >= 15 is 0 Å². The number of hydrogen-bond acceptors (Lipinski definition) is 1. The van der Waals surface area contributed by atoms with Crippen molar-refractivity contribution in [3.8, 4) is 0 Å². The van der Waals surface area contributed by atoms with Crippen LogP contribution in [0.5, 0.6) is 0 Å². The fourth-order valence-electron chi connectivity index (χ4n) is 3.36. The fraction of sp³-hybridized carbons (Fsp3) is 1.00. The first kappa shape index (κ1) is 22.9. The molecule has 0 aromatic heterocycles. The third-order valence-corrected chi connectivity index (χ3v) is 5.26. The zero-order chi connectivity index (χ0) is 17.4. The van der Waals surface area contributed by atoms with E-state index in [2.05, 4.69) is 27.9 Å². The zero-order valence-electron chi connectivity index (χ0n) is 16.8. The van der Waals surface area contributed by atoms with Gasteiger partial charge in [0.05, 0.1) is 20.6 Å². The van der Waals surface area contributed by atoms with E-state index < -0.39 is 0 Å². The molecule has 0 saturated carbocycles. The van der Waals surface area contributed by atoms with Gasteiger partial charge in [-0.3, -0.25) is 0 Å². The van der Waals surface area contributed by atoms with Crippen molar-refractivity contribution in [2.24, 2.45) is 0 Å². The Kier molecular flexibility index (Phi) is 15.4. The minimum atomic E-state index is -0.197. The average Bonchev–Trinajstić information content (AvgIpc) is 2.54. The van der Waals surface area contributed by atoms with Crippen molar-refractivity contribution in [3.63, 3.8) is 0 Å². The molecule has 2 heteroatoms. The van der Waals surface area contributed by atoms with Gasteiger partial charge in [0.1, 0.15) is 0 Å². The highest BCUT2D eigenvalue weighted by Crippen LogP contribution is 2.14. The van der Waals surface area contributed by atoms with Crippen molar-refractivity contribution in [2.45, 2.75) is 116 Å². The van der Waals surface area contributed by atoms with Crippen LogP contribution in [0.15, 0.2) is 0 Å². The molecular formula is C21H46NO+. The maximum Gasteiger partial charge on any atom is 0.189 e. The molecule has 0 aromatic rings. The summed E-state index contributed by atoms with van der Waals surface area (Å²) in [5.41, 5.74) is 0. The smallest absolute Gasteiger partial charge is 0.189 e. The maximum atomic E-state index is 9.96. The van der Waals surface area contributed by atoms with Gasteiger partial charge in [0, 0.05) is 6.42 Å². The van der Waals surface area contributed by atoms with Gasteiger partial charge >= 0.3 is 0 Å². The van der Waals surface area contributed by atoms with Gasteiger partial charge in [-0.1, -0.05) is 90.9 Å².